The Bertz CT molecular complexity index is 422. The molecule has 0 fully saturated rings. The third-order valence-corrected chi connectivity index (χ3v) is 1.99. The van der Waals surface area contributed by atoms with Crippen molar-refractivity contribution in [3.63, 3.8) is 0 Å². The number of anilines is 1. The Hall–Kier alpha value is -1.61. The van der Waals surface area contributed by atoms with Crippen LogP contribution in [0.15, 0.2) is 36.7 Å². The molecule has 70 valence electrons. The molecule has 0 aromatic carbocycles. The van der Waals surface area contributed by atoms with Gasteiger partial charge in [0.05, 0.1) is 5.69 Å². The quantitative estimate of drug-likeness (QED) is 0.728. The van der Waals surface area contributed by atoms with Crippen LogP contribution in [0.3, 0.4) is 0 Å². The van der Waals surface area contributed by atoms with E-state index in [9.17, 15) is 0 Å². The maximum atomic E-state index is 5.79. The Labute approximate surface area is 86.6 Å². The van der Waals surface area contributed by atoms with Crippen LogP contribution >= 0.6 is 11.6 Å². The Morgan fingerprint density at radius 2 is 1.86 bits per heavy atom. The maximum absolute atomic E-state index is 5.79. The molecule has 2 aromatic heterocycles. The van der Waals surface area contributed by atoms with E-state index >= 15 is 0 Å². The number of nitrogens with zero attached hydrogens (tertiary/aromatic N) is 2. The fraction of sp³-hybridized carbons (Fsp3) is 0. The van der Waals surface area contributed by atoms with E-state index in [-0.39, 0.29) is 0 Å². The van der Waals surface area contributed by atoms with Gasteiger partial charge in [0.25, 0.3) is 0 Å². The van der Waals surface area contributed by atoms with Gasteiger partial charge in [0.1, 0.15) is 5.15 Å². The zero-order chi connectivity index (χ0) is 9.97. The van der Waals surface area contributed by atoms with Gasteiger partial charge in [-0.1, -0.05) is 11.6 Å². The monoisotopic (exact) mass is 205 g/mol. The summed E-state index contributed by atoms with van der Waals surface area (Å²) in [5.74, 6) is 0. The van der Waals surface area contributed by atoms with Gasteiger partial charge in [0, 0.05) is 23.6 Å². The predicted molar refractivity (Wildman–Crippen MR) is 56.9 cm³/mol. The molecule has 0 radical (unpaired) electrons. The van der Waals surface area contributed by atoms with Gasteiger partial charge in [0.15, 0.2) is 0 Å². The van der Waals surface area contributed by atoms with Gasteiger partial charge >= 0.3 is 0 Å². The van der Waals surface area contributed by atoms with Crippen LogP contribution in [-0.4, -0.2) is 9.97 Å². The summed E-state index contributed by atoms with van der Waals surface area (Å²) >= 11 is 5.79. The van der Waals surface area contributed by atoms with Crippen LogP contribution in [0.4, 0.5) is 5.69 Å². The van der Waals surface area contributed by atoms with Crippen LogP contribution in [0.25, 0.3) is 11.3 Å². The second-order valence-corrected chi connectivity index (χ2v) is 3.23. The van der Waals surface area contributed by atoms with Crippen molar-refractivity contribution < 1.29 is 0 Å². The lowest BCUT2D eigenvalue weighted by molar-refractivity contribution is 1.29. The molecule has 0 saturated heterocycles. The zero-order valence-corrected chi connectivity index (χ0v) is 8.07. The first-order valence-electron chi connectivity index (χ1n) is 4.09. The smallest absolute Gasteiger partial charge is 0.131 e. The molecule has 2 rings (SSSR count). The summed E-state index contributed by atoms with van der Waals surface area (Å²) in [5, 5.41) is 0.400. The Morgan fingerprint density at radius 1 is 1.14 bits per heavy atom. The minimum Gasteiger partial charge on any atom is -0.399 e. The first kappa shape index (κ1) is 8.97. The number of nitrogen functional groups attached to an aromatic ring is 1. The van der Waals surface area contributed by atoms with Gasteiger partial charge in [-0.25, -0.2) is 4.98 Å². The minimum atomic E-state index is 0.400. The molecular weight excluding hydrogens is 198 g/mol. The van der Waals surface area contributed by atoms with Gasteiger partial charge in [-0.05, 0) is 24.3 Å². The summed E-state index contributed by atoms with van der Waals surface area (Å²) < 4.78 is 0. The number of rotatable bonds is 1. The summed E-state index contributed by atoms with van der Waals surface area (Å²) in [6.45, 7) is 0. The van der Waals surface area contributed by atoms with Gasteiger partial charge < -0.3 is 5.73 Å². The molecule has 0 bridgehead atoms. The SMILES string of the molecule is Nc1cc(Cl)nc(-c2ccncc2)c1. The van der Waals surface area contributed by atoms with E-state index in [1.807, 2.05) is 12.1 Å². The number of halogens is 1. The van der Waals surface area contributed by atoms with E-state index in [1.54, 1.807) is 24.5 Å². The van der Waals surface area contributed by atoms with E-state index in [1.165, 1.54) is 0 Å². The molecule has 0 aliphatic carbocycles. The van der Waals surface area contributed by atoms with Crippen molar-refractivity contribution in [3.05, 3.63) is 41.8 Å². The van der Waals surface area contributed by atoms with Gasteiger partial charge in [0.2, 0.25) is 0 Å². The summed E-state index contributed by atoms with van der Waals surface area (Å²) in [7, 11) is 0. The molecule has 0 unspecified atom stereocenters. The van der Waals surface area contributed by atoms with Crippen LogP contribution in [0, 0.1) is 0 Å². The summed E-state index contributed by atoms with van der Waals surface area (Å²) in [6, 6.07) is 7.11. The second-order valence-electron chi connectivity index (χ2n) is 2.84. The Kier molecular flexibility index (Phi) is 2.33. The van der Waals surface area contributed by atoms with E-state index in [0.29, 0.717) is 10.8 Å². The molecular formula is C10H8ClN3. The molecule has 0 spiro atoms. The van der Waals surface area contributed by atoms with Crippen molar-refractivity contribution in [3.8, 4) is 11.3 Å². The molecule has 0 aliphatic heterocycles. The topological polar surface area (TPSA) is 51.8 Å². The molecule has 0 aliphatic rings. The number of pyridine rings is 2. The van der Waals surface area contributed by atoms with Gasteiger partial charge in [-0.3, -0.25) is 4.98 Å². The highest BCUT2D eigenvalue weighted by atomic mass is 35.5. The highest BCUT2D eigenvalue weighted by Crippen LogP contribution is 2.21. The normalized spacial score (nSPS) is 10.1. The number of aromatic nitrogens is 2. The molecule has 0 saturated carbocycles. The lowest BCUT2D eigenvalue weighted by Crippen LogP contribution is -1.90. The van der Waals surface area contributed by atoms with Gasteiger partial charge in [-0.2, -0.15) is 0 Å². The average Bonchev–Trinajstić information content (AvgIpc) is 2.18. The van der Waals surface area contributed by atoms with E-state index < -0.39 is 0 Å². The minimum absolute atomic E-state index is 0.400. The molecule has 0 atom stereocenters. The number of hydrogen-bond donors (Lipinski definition) is 1. The largest absolute Gasteiger partial charge is 0.399 e. The molecule has 3 nitrogen and oxygen atoms in total. The van der Waals surface area contributed by atoms with Crippen molar-refractivity contribution in [1.29, 1.82) is 0 Å². The Balaban J connectivity index is 2.52. The lowest BCUT2D eigenvalue weighted by Gasteiger charge is -2.02. The first-order valence-corrected chi connectivity index (χ1v) is 4.47. The summed E-state index contributed by atoms with van der Waals surface area (Å²) in [6.07, 6.45) is 3.40. The third kappa shape index (κ3) is 1.83. The van der Waals surface area contributed by atoms with E-state index in [4.69, 9.17) is 17.3 Å². The predicted octanol–water partition coefficient (Wildman–Crippen LogP) is 2.38. The van der Waals surface area contributed by atoms with Crippen LogP contribution in [0.2, 0.25) is 5.15 Å². The number of nitrogens with two attached hydrogens (primary N) is 1. The molecule has 2 N–H and O–H groups in total. The van der Waals surface area contributed by atoms with Crippen molar-refractivity contribution in [1.82, 2.24) is 9.97 Å². The van der Waals surface area contributed by atoms with Crippen LogP contribution in [-0.2, 0) is 0 Å². The van der Waals surface area contributed by atoms with Crippen molar-refractivity contribution >= 4 is 17.3 Å². The summed E-state index contributed by atoms with van der Waals surface area (Å²) in [4.78, 5) is 8.09. The molecule has 2 aromatic rings. The van der Waals surface area contributed by atoms with E-state index in [0.717, 1.165) is 11.3 Å². The third-order valence-electron chi connectivity index (χ3n) is 1.79. The molecule has 0 amide bonds. The second kappa shape index (κ2) is 3.64. The molecule has 4 heteroatoms. The maximum Gasteiger partial charge on any atom is 0.131 e. The van der Waals surface area contributed by atoms with Crippen LogP contribution in [0.1, 0.15) is 0 Å². The first-order chi connectivity index (χ1) is 6.75. The zero-order valence-electron chi connectivity index (χ0n) is 7.31. The van der Waals surface area contributed by atoms with Crippen LogP contribution in [0.5, 0.6) is 0 Å². The van der Waals surface area contributed by atoms with Crippen molar-refractivity contribution in [2.24, 2.45) is 0 Å². The van der Waals surface area contributed by atoms with Crippen LogP contribution < -0.4 is 5.73 Å². The standard InChI is InChI=1S/C10H8ClN3/c11-10-6-8(12)5-9(14-10)7-1-3-13-4-2-7/h1-6H,(H2,12,14). The summed E-state index contributed by atoms with van der Waals surface area (Å²) in [5.41, 5.74) is 7.98. The highest BCUT2D eigenvalue weighted by molar-refractivity contribution is 6.29. The van der Waals surface area contributed by atoms with E-state index in [2.05, 4.69) is 9.97 Å². The Morgan fingerprint density at radius 3 is 2.50 bits per heavy atom. The average molecular weight is 206 g/mol. The fourth-order valence-corrected chi connectivity index (χ4v) is 1.40. The molecule has 2 heterocycles. The van der Waals surface area contributed by atoms with Gasteiger partial charge in [-0.15, -0.1) is 0 Å². The fourth-order valence-electron chi connectivity index (χ4n) is 1.19. The highest BCUT2D eigenvalue weighted by Gasteiger charge is 2.01. The molecule has 14 heavy (non-hydrogen) atoms. The number of hydrogen-bond acceptors (Lipinski definition) is 3. The van der Waals surface area contributed by atoms with Crippen molar-refractivity contribution in [2.75, 3.05) is 5.73 Å². The van der Waals surface area contributed by atoms with Crippen molar-refractivity contribution in [2.45, 2.75) is 0 Å². The lowest BCUT2D eigenvalue weighted by atomic mass is 10.2.